The first-order valence-electron chi connectivity index (χ1n) is 7.68. The van der Waals surface area contributed by atoms with Gasteiger partial charge >= 0.3 is 0 Å². The Balaban J connectivity index is 2.34. The Kier molecular flexibility index (Phi) is 6.97. The summed E-state index contributed by atoms with van der Waals surface area (Å²) < 4.78 is 28.0. The average molecular weight is 481 g/mol. The van der Waals surface area contributed by atoms with Gasteiger partial charge in [0.25, 0.3) is 10.0 Å². The van der Waals surface area contributed by atoms with E-state index < -0.39 is 10.0 Å². The highest BCUT2D eigenvalue weighted by molar-refractivity contribution is 9.11. The van der Waals surface area contributed by atoms with E-state index in [1.54, 1.807) is 13.1 Å². The number of anilines is 1. The lowest BCUT2D eigenvalue weighted by atomic mass is 10.2. The number of thiazole rings is 1. The fraction of sp³-hybridized carbons (Fsp3) is 0.467. The Hall–Kier alpha value is -0.850. The maximum Gasteiger partial charge on any atom is 0.252 e. The third-order valence-corrected chi connectivity index (χ3v) is 8.76. The third kappa shape index (κ3) is 4.90. The van der Waals surface area contributed by atoms with Crippen molar-refractivity contribution in [2.45, 2.75) is 18.1 Å². The summed E-state index contributed by atoms with van der Waals surface area (Å²) in [7, 11) is 1.83. The summed E-state index contributed by atoms with van der Waals surface area (Å²) in [5.41, 5.74) is 1.50. The van der Waals surface area contributed by atoms with Gasteiger partial charge in [-0.15, -0.1) is 11.3 Å². The van der Waals surface area contributed by atoms with Crippen LogP contribution in [0.1, 0.15) is 12.6 Å². The van der Waals surface area contributed by atoms with E-state index in [1.807, 2.05) is 25.9 Å². The molecule has 0 aliphatic carbocycles. The van der Waals surface area contributed by atoms with Crippen molar-refractivity contribution in [2.24, 2.45) is 0 Å². The van der Waals surface area contributed by atoms with Gasteiger partial charge in [0.05, 0.1) is 14.4 Å². The molecule has 7 nitrogen and oxygen atoms in total. The maximum absolute atomic E-state index is 12.8. The highest BCUT2D eigenvalue weighted by Crippen LogP contribution is 2.43. The highest BCUT2D eigenvalue weighted by Gasteiger charge is 2.26. The first-order valence-corrected chi connectivity index (χ1v) is 11.5. The van der Waals surface area contributed by atoms with Gasteiger partial charge in [-0.05, 0) is 43.0 Å². The van der Waals surface area contributed by atoms with Crippen molar-refractivity contribution >= 4 is 59.7 Å². The molecule has 0 aliphatic rings. The van der Waals surface area contributed by atoms with Crippen LogP contribution in [-0.2, 0) is 14.8 Å². The number of hydrogen-bond acceptors (Lipinski definition) is 7. The molecule has 0 bridgehead atoms. The maximum atomic E-state index is 12.8. The number of hydrogen-bond donors (Lipinski definition) is 1. The fourth-order valence-corrected chi connectivity index (χ4v) is 7.06. The van der Waals surface area contributed by atoms with Crippen LogP contribution in [-0.4, -0.2) is 62.7 Å². The molecule has 0 unspecified atom stereocenters. The molecule has 2 aromatic heterocycles. The quantitative estimate of drug-likeness (QED) is 0.658. The summed E-state index contributed by atoms with van der Waals surface area (Å²) in [5, 5.41) is 3.16. The number of nitrogens with one attached hydrogen (secondary N) is 1. The summed E-state index contributed by atoms with van der Waals surface area (Å²) in [6.07, 6.45) is 0. The minimum Gasteiger partial charge on any atom is -0.308 e. The summed E-state index contributed by atoms with van der Waals surface area (Å²) >= 11 is 5.97. The van der Waals surface area contributed by atoms with E-state index in [9.17, 15) is 13.2 Å². The molecule has 2 rings (SSSR count). The number of aromatic nitrogens is 1. The number of halogens is 1. The van der Waals surface area contributed by atoms with E-state index in [2.05, 4.69) is 26.2 Å². The predicted octanol–water partition coefficient (Wildman–Crippen LogP) is 3.08. The third-order valence-electron chi connectivity index (χ3n) is 3.51. The molecule has 1 amide bonds. The lowest BCUT2D eigenvalue weighted by Gasteiger charge is -2.18. The van der Waals surface area contributed by atoms with Gasteiger partial charge in [-0.3, -0.25) is 4.79 Å². The van der Waals surface area contributed by atoms with Gasteiger partial charge in [-0.2, -0.15) is 4.31 Å². The van der Waals surface area contributed by atoms with Crippen LogP contribution in [0.5, 0.6) is 0 Å². The number of likely N-dealkylation sites (N-methyl/N-ethyl adjacent to an activating group) is 2. The lowest BCUT2D eigenvalue weighted by molar-refractivity contribution is -0.114. The van der Waals surface area contributed by atoms with E-state index in [4.69, 9.17) is 0 Å². The van der Waals surface area contributed by atoms with Crippen LogP contribution in [0.15, 0.2) is 14.1 Å². The van der Waals surface area contributed by atoms with Crippen molar-refractivity contribution in [1.82, 2.24) is 14.2 Å². The topological polar surface area (TPSA) is 82.6 Å². The SMILES string of the molecule is CC(=O)Nc1nc(C)c(-c2cc(S(=O)(=O)N(C)CCN(C)C)sc2Br)s1. The second-order valence-corrected chi connectivity index (χ2v) is 11.6. The van der Waals surface area contributed by atoms with Crippen LogP contribution in [0.25, 0.3) is 10.4 Å². The Morgan fingerprint density at radius 1 is 1.27 bits per heavy atom. The van der Waals surface area contributed by atoms with Gasteiger partial charge in [-0.25, -0.2) is 13.4 Å². The fourth-order valence-electron chi connectivity index (χ4n) is 2.09. The Labute approximate surface area is 170 Å². The van der Waals surface area contributed by atoms with Crippen LogP contribution in [0, 0.1) is 6.92 Å². The highest BCUT2D eigenvalue weighted by atomic mass is 79.9. The molecular formula is C15H21BrN4O3S3. The molecule has 0 spiro atoms. The number of thiophene rings is 1. The number of nitrogens with zero attached hydrogens (tertiary/aromatic N) is 3. The Morgan fingerprint density at radius 2 is 1.92 bits per heavy atom. The molecule has 0 aliphatic heterocycles. The van der Waals surface area contributed by atoms with E-state index >= 15 is 0 Å². The summed E-state index contributed by atoms with van der Waals surface area (Å²) in [4.78, 5) is 18.3. The van der Waals surface area contributed by atoms with E-state index in [0.29, 0.717) is 18.2 Å². The number of carbonyl (C=O) groups excluding carboxylic acids is 1. The lowest BCUT2D eigenvalue weighted by Crippen LogP contribution is -2.33. The number of carbonyl (C=O) groups is 1. The molecule has 1 N–H and O–H groups in total. The average Bonchev–Trinajstić information content (AvgIpc) is 3.07. The van der Waals surface area contributed by atoms with Crippen molar-refractivity contribution in [1.29, 1.82) is 0 Å². The van der Waals surface area contributed by atoms with E-state index in [-0.39, 0.29) is 10.1 Å². The molecule has 0 radical (unpaired) electrons. The van der Waals surface area contributed by atoms with Gasteiger partial charge in [0.15, 0.2) is 5.13 Å². The van der Waals surface area contributed by atoms with Crippen molar-refractivity contribution in [3.8, 4) is 10.4 Å². The van der Waals surface area contributed by atoms with Gasteiger partial charge in [0.1, 0.15) is 4.21 Å². The zero-order valence-electron chi connectivity index (χ0n) is 15.2. The molecule has 0 saturated carbocycles. The molecule has 0 fully saturated rings. The minimum atomic E-state index is -3.56. The van der Waals surface area contributed by atoms with Crippen molar-refractivity contribution < 1.29 is 13.2 Å². The smallest absolute Gasteiger partial charge is 0.252 e. The zero-order valence-corrected chi connectivity index (χ0v) is 19.2. The van der Waals surface area contributed by atoms with Gasteiger partial charge in [0, 0.05) is 32.6 Å². The summed E-state index contributed by atoms with van der Waals surface area (Å²) in [6.45, 7) is 4.30. The standard InChI is InChI=1S/C15H21BrN4O3S3/c1-9-13(25-15(17-9)18-10(2)21)11-8-12(24-14(11)16)26(22,23)20(5)7-6-19(3)4/h8H,6-7H2,1-5H3,(H,17,18,21). The zero-order chi connectivity index (χ0) is 19.6. The molecular weight excluding hydrogens is 460 g/mol. The first kappa shape index (κ1) is 21.5. The largest absolute Gasteiger partial charge is 0.308 e. The van der Waals surface area contributed by atoms with Crippen LogP contribution in [0.2, 0.25) is 0 Å². The second kappa shape index (κ2) is 8.44. The Morgan fingerprint density at radius 3 is 2.50 bits per heavy atom. The Bertz CT molecular complexity index is 905. The molecule has 11 heteroatoms. The van der Waals surface area contributed by atoms with Gasteiger partial charge in [0.2, 0.25) is 5.91 Å². The predicted molar refractivity (Wildman–Crippen MR) is 111 cm³/mol. The summed E-state index contributed by atoms with van der Waals surface area (Å²) in [6, 6.07) is 1.66. The van der Waals surface area contributed by atoms with E-state index in [0.717, 1.165) is 19.9 Å². The van der Waals surface area contributed by atoms with E-state index in [1.165, 1.54) is 33.9 Å². The molecule has 2 heterocycles. The molecule has 144 valence electrons. The molecule has 26 heavy (non-hydrogen) atoms. The van der Waals surface area contributed by atoms with Crippen molar-refractivity contribution in [3.05, 3.63) is 15.5 Å². The monoisotopic (exact) mass is 480 g/mol. The number of aryl methyl sites for hydroxylation is 1. The van der Waals surface area contributed by atoms with Crippen LogP contribution >= 0.6 is 38.6 Å². The second-order valence-electron chi connectivity index (χ2n) is 6.00. The molecule has 0 saturated heterocycles. The van der Waals surface area contributed by atoms with Crippen molar-refractivity contribution in [2.75, 3.05) is 39.5 Å². The normalized spacial score (nSPS) is 12.2. The number of amides is 1. The molecule has 2 aromatic rings. The van der Waals surface area contributed by atoms with Crippen LogP contribution in [0.4, 0.5) is 5.13 Å². The molecule has 0 atom stereocenters. The minimum absolute atomic E-state index is 0.194. The van der Waals surface area contributed by atoms with Gasteiger partial charge < -0.3 is 10.2 Å². The first-order chi connectivity index (χ1) is 12.0. The number of rotatable bonds is 7. The van der Waals surface area contributed by atoms with Gasteiger partial charge in [-0.1, -0.05) is 11.3 Å². The molecule has 0 aromatic carbocycles. The van der Waals surface area contributed by atoms with Crippen molar-refractivity contribution in [3.63, 3.8) is 0 Å². The summed E-state index contributed by atoms with van der Waals surface area (Å²) in [5.74, 6) is -0.194. The van der Waals surface area contributed by atoms with Crippen LogP contribution < -0.4 is 5.32 Å². The number of sulfonamides is 1. The van der Waals surface area contributed by atoms with Crippen LogP contribution in [0.3, 0.4) is 0 Å².